The Hall–Kier alpha value is -2.15. The summed E-state index contributed by atoms with van der Waals surface area (Å²) in [7, 11) is 0. The molecule has 0 saturated carbocycles. The average Bonchev–Trinajstić information content (AvgIpc) is 2.89. The highest BCUT2D eigenvalue weighted by atomic mass is 35.5. The molecule has 6 nitrogen and oxygen atoms in total. The van der Waals surface area contributed by atoms with Crippen LogP contribution in [0.2, 0.25) is 5.02 Å². The van der Waals surface area contributed by atoms with Gasteiger partial charge in [0.05, 0.1) is 5.02 Å². The van der Waals surface area contributed by atoms with Crippen LogP contribution < -0.4 is 5.32 Å². The van der Waals surface area contributed by atoms with Gasteiger partial charge in [-0.05, 0) is 24.0 Å². The van der Waals surface area contributed by atoms with Crippen LogP contribution in [0.3, 0.4) is 0 Å². The minimum Gasteiger partial charge on any atom is -0.480 e. The number of carboxylic acid groups (broad SMARTS) is 1. The molecule has 0 unspecified atom stereocenters. The molecule has 1 saturated heterocycles. The van der Waals surface area contributed by atoms with Crippen LogP contribution in [-0.2, 0) is 20.9 Å². The van der Waals surface area contributed by atoms with Crippen molar-refractivity contribution in [2.24, 2.45) is 5.92 Å². The zero-order chi connectivity index (χ0) is 19.4. The monoisotopic (exact) mass is 384 g/mol. The summed E-state index contributed by atoms with van der Waals surface area (Å²) >= 11 is 5.95. The molecule has 142 valence electrons. The minimum absolute atomic E-state index is 0.00479. The molecule has 1 aromatic rings. The van der Waals surface area contributed by atoms with Crippen molar-refractivity contribution in [2.75, 3.05) is 0 Å². The number of nitrogens with zero attached hydrogens (tertiary/aromatic N) is 1. The molecule has 2 rings (SSSR count). The lowest BCUT2D eigenvalue weighted by Crippen LogP contribution is -2.46. The molecule has 0 spiro atoms. The first-order chi connectivity index (χ1) is 12.2. The summed E-state index contributed by atoms with van der Waals surface area (Å²) in [6.45, 7) is 3.52. The molecule has 1 aliphatic heterocycles. The van der Waals surface area contributed by atoms with Crippen LogP contribution in [0, 0.1) is 11.7 Å². The summed E-state index contributed by atoms with van der Waals surface area (Å²) in [4.78, 5) is 37.1. The van der Waals surface area contributed by atoms with Gasteiger partial charge in [0.1, 0.15) is 11.9 Å². The predicted molar refractivity (Wildman–Crippen MR) is 94.0 cm³/mol. The summed E-state index contributed by atoms with van der Waals surface area (Å²) in [6, 6.07) is 3.03. The van der Waals surface area contributed by atoms with Gasteiger partial charge < -0.3 is 15.3 Å². The molecule has 2 atom stereocenters. The topological polar surface area (TPSA) is 86.7 Å². The zero-order valence-electron chi connectivity index (χ0n) is 14.7. The number of rotatable bonds is 7. The van der Waals surface area contributed by atoms with Crippen LogP contribution in [-0.4, -0.2) is 39.9 Å². The third-order valence-electron chi connectivity index (χ3n) is 4.50. The van der Waals surface area contributed by atoms with E-state index >= 15 is 0 Å². The normalized spacial score (nSPS) is 18.3. The first-order valence-corrected chi connectivity index (χ1v) is 8.83. The molecular formula is C18H22ClFN2O4. The molecule has 1 aliphatic rings. The molecule has 0 aliphatic carbocycles. The second kappa shape index (κ2) is 8.49. The number of amides is 2. The lowest BCUT2D eigenvalue weighted by molar-refractivity contribution is -0.143. The molecule has 26 heavy (non-hydrogen) atoms. The Bertz CT molecular complexity index is 710. The fraction of sp³-hybridized carbons (Fsp3) is 0.500. The van der Waals surface area contributed by atoms with E-state index in [-0.39, 0.29) is 42.3 Å². The number of aliphatic carboxylic acids is 1. The van der Waals surface area contributed by atoms with E-state index in [0.29, 0.717) is 12.0 Å². The van der Waals surface area contributed by atoms with E-state index < -0.39 is 23.7 Å². The first-order valence-electron chi connectivity index (χ1n) is 8.45. The van der Waals surface area contributed by atoms with Crippen LogP contribution in [0.1, 0.15) is 38.7 Å². The molecular weight excluding hydrogens is 363 g/mol. The molecule has 1 aromatic carbocycles. The van der Waals surface area contributed by atoms with Crippen molar-refractivity contribution in [1.29, 1.82) is 0 Å². The van der Waals surface area contributed by atoms with Crippen molar-refractivity contribution >= 4 is 29.4 Å². The Morgan fingerprint density at radius 2 is 2.12 bits per heavy atom. The van der Waals surface area contributed by atoms with Crippen LogP contribution in [0.5, 0.6) is 0 Å². The Kier molecular flexibility index (Phi) is 6.58. The Morgan fingerprint density at radius 3 is 2.73 bits per heavy atom. The average molecular weight is 385 g/mol. The highest BCUT2D eigenvalue weighted by Gasteiger charge is 2.34. The number of carbonyl (C=O) groups is 3. The maximum atomic E-state index is 13.6. The number of halogens is 2. The number of benzene rings is 1. The van der Waals surface area contributed by atoms with Crippen molar-refractivity contribution in [3.05, 3.63) is 34.6 Å². The number of carbonyl (C=O) groups excluding carboxylic acids is 2. The van der Waals surface area contributed by atoms with E-state index in [1.807, 2.05) is 0 Å². The van der Waals surface area contributed by atoms with Crippen molar-refractivity contribution in [3.63, 3.8) is 0 Å². The van der Waals surface area contributed by atoms with Gasteiger partial charge in [-0.3, -0.25) is 9.59 Å². The Balaban J connectivity index is 2.06. The standard InChI is InChI=1S/C18H22ClFN2O4/c1-10(2)17(18(25)26)21-14(23)8-12-6-7-15(24)22(12)9-11-4-3-5-13(20)16(11)19/h3-5,10,12,17H,6-9H2,1-2H3,(H,21,23)(H,25,26)/t12-,17-/m0/s1. The van der Waals surface area contributed by atoms with Gasteiger partial charge in [-0.25, -0.2) is 9.18 Å². The maximum absolute atomic E-state index is 13.6. The molecule has 8 heteroatoms. The largest absolute Gasteiger partial charge is 0.480 e. The second-order valence-electron chi connectivity index (χ2n) is 6.76. The smallest absolute Gasteiger partial charge is 0.326 e. The summed E-state index contributed by atoms with van der Waals surface area (Å²) in [5.41, 5.74) is 0.470. The molecule has 2 N–H and O–H groups in total. The van der Waals surface area contributed by atoms with E-state index in [2.05, 4.69) is 5.32 Å². The summed E-state index contributed by atoms with van der Waals surface area (Å²) < 4.78 is 13.6. The van der Waals surface area contributed by atoms with Crippen molar-refractivity contribution < 1.29 is 23.9 Å². The fourth-order valence-electron chi connectivity index (χ4n) is 3.04. The number of hydrogen-bond donors (Lipinski definition) is 2. The molecule has 1 heterocycles. The van der Waals surface area contributed by atoms with Gasteiger partial charge in [0, 0.05) is 25.4 Å². The molecule has 0 radical (unpaired) electrons. The van der Waals surface area contributed by atoms with Crippen molar-refractivity contribution in [3.8, 4) is 0 Å². The van der Waals surface area contributed by atoms with E-state index in [0.717, 1.165) is 0 Å². The zero-order valence-corrected chi connectivity index (χ0v) is 15.4. The van der Waals surface area contributed by atoms with E-state index in [4.69, 9.17) is 16.7 Å². The van der Waals surface area contributed by atoms with Gasteiger partial charge in [-0.1, -0.05) is 37.6 Å². The Labute approximate surface area is 156 Å². The first kappa shape index (κ1) is 20.2. The van der Waals surface area contributed by atoms with Crippen LogP contribution in [0.4, 0.5) is 4.39 Å². The van der Waals surface area contributed by atoms with Gasteiger partial charge in [0.2, 0.25) is 11.8 Å². The van der Waals surface area contributed by atoms with Gasteiger partial charge >= 0.3 is 5.97 Å². The molecule has 0 bridgehead atoms. The summed E-state index contributed by atoms with van der Waals surface area (Å²) in [6.07, 6.45) is 0.769. The molecule has 2 amide bonds. The van der Waals surface area contributed by atoms with Crippen LogP contribution in [0.15, 0.2) is 18.2 Å². The highest BCUT2D eigenvalue weighted by Crippen LogP contribution is 2.27. The lowest BCUT2D eigenvalue weighted by Gasteiger charge is -2.26. The predicted octanol–water partition coefficient (Wildman–Crippen LogP) is 2.59. The number of likely N-dealkylation sites (tertiary alicyclic amines) is 1. The Morgan fingerprint density at radius 1 is 1.42 bits per heavy atom. The second-order valence-corrected chi connectivity index (χ2v) is 7.14. The number of carboxylic acids is 1. The quantitative estimate of drug-likeness (QED) is 0.756. The lowest BCUT2D eigenvalue weighted by atomic mass is 10.0. The van der Waals surface area contributed by atoms with Gasteiger partial charge in [-0.15, -0.1) is 0 Å². The SMILES string of the molecule is CC(C)[C@H](NC(=O)C[C@@H]1CCC(=O)N1Cc1cccc(F)c1Cl)C(=O)O. The van der Waals surface area contributed by atoms with Crippen LogP contribution >= 0.6 is 11.6 Å². The number of nitrogens with one attached hydrogen (secondary N) is 1. The molecule has 1 fully saturated rings. The summed E-state index contributed by atoms with van der Waals surface area (Å²) in [5.74, 6) is -2.49. The van der Waals surface area contributed by atoms with Crippen molar-refractivity contribution in [1.82, 2.24) is 10.2 Å². The van der Waals surface area contributed by atoms with Gasteiger partial charge in [0.15, 0.2) is 0 Å². The third kappa shape index (κ3) is 4.72. The van der Waals surface area contributed by atoms with Gasteiger partial charge in [0.25, 0.3) is 0 Å². The fourth-order valence-corrected chi connectivity index (χ4v) is 3.22. The van der Waals surface area contributed by atoms with E-state index in [1.54, 1.807) is 19.9 Å². The van der Waals surface area contributed by atoms with Gasteiger partial charge in [-0.2, -0.15) is 0 Å². The number of hydrogen-bond acceptors (Lipinski definition) is 3. The van der Waals surface area contributed by atoms with Crippen LogP contribution in [0.25, 0.3) is 0 Å². The van der Waals surface area contributed by atoms with E-state index in [1.165, 1.54) is 17.0 Å². The molecule has 0 aromatic heterocycles. The summed E-state index contributed by atoms with van der Waals surface area (Å²) in [5, 5.41) is 11.6. The van der Waals surface area contributed by atoms with Crippen molar-refractivity contribution in [2.45, 2.75) is 51.7 Å². The van der Waals surface area contributed by atoms with E-state index in [9.17, 15) is 18.8 Å². The maximum Gasteiger partial charge on any atom is 0.326 e. The third-order valence-corrected chi connectivity index (χ3v) is 4.92. The minimum atomic E-state index is -1.10. The highest BCUT2D eigenvalue weighted by molar-refractivity contribution is 6.31.